The predicted octanol–water partition coefficient (Wildman–Crippen LogP) is -2.64. The van der Waals surface area contributed by atoms with Gasteiger partial charge in [0.1, 0.15) is 0 Å². The summed E-state index contributed by atoms with van der Waals surface area (Å²) in [5, 5.41) is 10.2. The highest BCUT2D eigenvalue weighted by molar-refractivity contribution is 7.89. The van der Waals surface area contributed by atoms with E-state index in [-0.39, 0.29) is 0 Å². The van der Waals surface area contributed by atoms with E-state index in [0.717, 1.165) is 0 Å². The molecule has 2 N–H and O–H groups in total. The van der Waals surface area contributed by atoms with Crippen LogP contribution in [0.3, 0.4) is 0 Å². The molecule has 0 radical (unpaired) electrons. The number of amides is 2. The minimum Gasteiger partial charge on any atom is -0.480 e. The van der Waals surface area contributed by atoms with E-state index in [1.807, 2.05) is 5.32 Å². The molecule has 1 saturated heterocycles. The van der Waals surface area contributed by atoms with Crippen LogP contribution in [-0.2, 0) is 24.4 Å². The Labute approximate surface area is 84.9 Å². The Morgan fingerprint density at radius 3 is 2.20 bits per heavy atom. The Balaban J connectivity index is 2.83. The zero-order chi connectivity index (χ0) is 11.6. The van der Waals surface area contributed by atoms with Crippen molar-refractivity contribution in [3.63, 3.8) is 0 Å². The first-order chi connectivity index (χ1) is 6.81. The Morgan fingerprint density at radius 1 is 1.33 bits per heavy atom. The topological polar surface area (TPSA) is 121 Å². The Bertz CT molecular complexity index is 397. The van der Waals surface area contributed by atoms with Gasteiger partial charge >= 0.3 is 5.97 Å². The maximum Gasteiger partial charge on any atom is 0.320 e. The summed E-state index contributed by atoms with van der Waals surface area (Å²) in [5.74, 6) is -4.19. The van der Waals surface area contributed by atoms with Gasteiger partial charge in [-0.05, 0) is 0 Å². The monoisotopic (exact) mass is 236 g/mol. The van der Waals surface area contributed by atoms with Crippen LogP contribution in [0.2, 0.25) is 0 Å². The van der Waals surface area contributed by atoms with Crippen LogP contribution in [0.25, 0.3) is 0 Å². The number of piperazine rings is 1. The van der Waals surface area contributed by atoms with Gasteiger partial charge in [-0.15, -0.1) is 0 Å². The summed E-state index contributed by atoms with van der Waals surface area (Å²) >= 11 is 0. The van der Waals surface area contributed by atoms with E-state index in [0.29, 0.717) is 4.31 Å². The molecule has 1 heterocycles. The van der Waals surface area contributed by atoms with E-state index in [2.05, 4.69) is 0 Å². The third-order valence-electron chi connectivity index (χ3n) is 1.62. The quantitative estimate of drug-likeness (QED) is 0.516. The summed E-state index contributed by atoms with van der Waals surface area (Å²) in [6, 6.07) is 0. The smallest absolute Gasteiger partial charge is 0.320 e. The zero-order valence-corrected chi connectivity index (χ0v) is 8.28. The van der Waals surface area contributed by atoms with E-state index in [1.165, 1.54) is 0 Å². The first kappa shape index (κ1) is 11.6. The lowest BCUT2D eigenvalue weighted by Crippen LogP contribution is -2.54. The molecule has 0 saturated carbocycles. The highest BCUT2D eigenvalue weighted by Crippen LogP contribution is 2.04. The van der Waals surface area contributed by atoms with Crippen molar-refractivity contribution in [1.29, 1.82) is 0 Å². The molecule has 1 fully saturated rings. The molecule has 15 heavy (non-hydrogen) atoms. The Hall–Kier alpha value is -1.48. The maximum absolute atomic E-state index is 11.3. The average Bonchev–Trinajstić information content (AvgIpc) is 1.99. The van der Waals surface area contributed by atoms with Gasteiger partial charge in [0, 0.05) is 0 Å². The van der Waals surface area contributed by atoms with E-state index in [9.17, 15) is 22.8 Å². The van der Waals surface area contributed by atoms with Crippen LogP contribution in [0.15, 0.2) is 0 Å². The lowest BCUT2D eigenvalue weighted by Gasteiger charge is -2.23. The van der Waals surface area contributed by atoms with Crippen LogP contribution < -0.4 is 5.32 Å². The number of hydrogen-bond acceptors (Lipinski definition) is 5. The molecule has 1 aliphatic rings. The van der Waals surface area contributed by atoms with Crippen LogP contribution in [0.5, 0.6) is 0 Å². The predicted molar refractivity (Wildman–Crippen MR) is 46.1 cm³/mol. The number of carbonyl (C=O) groups is 3. The molecule has 0 unspecified atom stereocenters. The summed E-state index contributed by atoms with van der Waals surface area (Å²) in [5.41, 5.74) is 0. The minimum absolute atomic E-state index is 0.526. The number of imide groups is 1. The number of nitrogens with one attached hydrogen (secondary N) is 1. The second-order valence-electron chi connectivity index (χ2n) is 2.89. The lowest BCUT2D eigenvalue weighted by atomic mass is 10.4. The minimum atomic E-state index is -4.10. The second kappa shape index (κ2) is 3.95. The van der Waals surface area contributed by atoms with E-state index in [4.69, 9.17) is 5.11 Å². The van der Waals surface area contributed by atoms with Gasteiger partial charge < -0.3 is 5.11 Å². The summed E-state index contributed by atoms with van der Waals surface area (Å²) in [7, 11) is -4.10. The molecular weight excluding hydrogens is 228 g/mol. The van der Waals surface area contributed by atoms with Gasteiger partial charge in [-0.1, -0.05) is 0 Å². The van der Waals surface area contributed by atoms with Crippen molar-refractivity contribution in [1.82, 2.24) is 9.62 Å². The van der Waals surface area contributed by atoms with Crippen molar-refractivity contribution in [2.75, 3.05) is 18.8 Å². The molecule has 0 aliphatic carbocycles. The van der Waals surface area contributed by atoms with Gasteiger partial charge in [-0.2, -0.15) is 4.31 Å². The number of rotatable bonds is 3. The van der Waals surface area contributed by atoms with Crippen molar-refractivity contribution >= 4 is 27.8 Å². The number of sulfonamides is 1. The highest BCUT2D eigenvalue weighted by atomic mass is 32.2. The fourth-order valence-corrected chi connectivity index (χ4v) is 2.18. The average molecular weight is 236 g/mol. The van der Waals surface area contributed by atoms with Gasteiger partial charge in [0.05, 0.1) is 13.1 Å². The third-order valence-corrected chi connectivity index (χ3v) is 3.27. The van der Waals surface area contributed by atoms with Crippen LogP contribution in [0.1, 0.15) is 0 Å². The molecule has 9 heteroatoms. The molecule has 0 aromatic heterocycles. The number of aliphatic carboxylic acids is 1. The van der Waals surface area contributed by atoms with Gasteiger partial charge in [0.15, 0.2) is 5.75 Å². The molecule has 2 amide bonds. The summed E-state index contributed by atoms with van der Waals surface area (Å²) in [4.78, 5) is 31.9. The number of nitrogens with zero attached hydrogens (tertiary/aromatic N) is 1. The molecule has 1 aliphatic heterocycles. The fraction of sp³-hybridized carbons (Fsp3) is 0.500. The second-order valence-corrected chi connectivity index (χ2v) is 4.86. The van der Waals surface area contributed by atoms with E-state index in [1.54, 1.807) is 0 Å². The molecule has 84 valence electrons. The maximum atomic E-state index is 11.3. The van der Waals surface area contributed by atoms with E-state index < -0.39 is 46.6 Å². The van der Waals surface area contributed by atoms with Gasteiger partial charge in [0.2, 0.25) is 21.8 Å². The van der Waals surface area contributed by atoms with Crippen molar-refractivity contribution in [2.24, 2.45) is 0 Å². The Kier molecular flexibility index (Phi) is 3.05. The van der Waals surface area contributed by atoms with Crippen LogP contribution in [-0.4, -0.2) is 54.5 Å². The van der Waals surface area contributed by atoms with Gasteiger partial charge in [0.25, 0.3) is 0 Å². The SMILES string of the molecule is O=C(O)CS(=O)(=O)N1CC(=O)NC(=O)C1. The number of carboxylic acid groups (broad SMARTS) is 1. The van der Waals surface area contributed by atoms with Gasteiger partial charge in [-0.25, -0.2) is 8.42 Å². The first-order valence-corrected chi connectivity index (χ1v) is 5.44. The number of hydrogen-bond donors (Lipinski definition) is 2. The summed E-state index contributed by atoms with van der Waals surface area (Å²) in [6.45, 7) is -1.05. The van der Waals surface area contributed by atoms with Crippen LogP contribution in [0, 0.1) is 0 Å². The van der Waals surface area contributed by atoms with Crippen molar-refractivity contribution < 1.29 is 27.9 Å². The molecule has 0 atom stereocenters. The summed E-state index contributed by atoms with van der Waals surface area (Å²) in [6.07, 6.45) is 0. The molecule has 0 spiro atoms. The van der Waals surface area contributed by atoms with Gasteiger partial charge in [-0.3, -0.25) is 19.7 Å². The van der Waals surface area contributed by atoms with Crippen LogP contribution >= 0.6 is 0 Å². The normalized spacial score (nSPS) is 18.7. The lowest BCUT2D eigenvalue weighted by molar-refractivity contribution is -0.136. The number of carboxylic acids is 1. The number of carbonyl (C=O) groups excluding carboxylic acids is 2. The molecule has 0 aromatic rings. The van der Waals surface area contributed by atoms with Crippen molar-refractivity contribution in [3.8, 4) is 0 Å². The first-order valence-electron chi connectivity index (χ1n) is 3.83. The molecule has 8 nitrogen and oxygen atoms in total. The molecule has 1 rings (SSSR count). The standard InChI is InChI=1S/C6H8N2O6S/c9-4-1-8(2-5(10)7-4)15(13,14)3-6(11)12/h1-3H2,(H,11,12)(H,7,9,10). The largest absolute Gasteiger partial charge is 0.480 e. The fourth-order valence-electron chi connectivity index (χ4n) is 1.05. The molecule has 0 bridgehead atoms. The van der Waals surface area contributed by atoms with Crippen molar-refractivity contribution in [3.05, 3.63) is 0 Å². The molecule has 0 aromatic carbocycles. The molecular formula is C6H8N2O6S. The Morgan fingerprint density at radius 2 is 1.80 bits per heavy atom. The summed E-state index contributed by atoms with van der Waals surface area (Å²) < 4.78 is 23.1. The highest BCUT2D eigenvalue weighted by Gasteiger charge is 2.32. The third kappa shape index (κ3) is 2.99. The van der Waals surface area contributed by atoms with Crippen molar-refractivity contribution in [2.45, 2.75) is 0 Å². The van der Waals surface area contributed by atoms with Crippen LogP contribution in [0.4, 0.5) is 0 Å². The van der Waals surface area contributed by atoms with E-state index >= 15 is 0 Å². The zero-order valence-electron chi connectivity index (χ0n) is 7.47.